The molecule has 8 heteroatoms. The van der Waals surface area contributed by atoms with Crippen LogP contribution in [0.4, 0.5) is 8.78 Å². The van der Waals surface area contributed by atoms with Crippen LogP contribution in [0.15, 0.2) is 18.2 Å². The molecule has 0 spiro atoms. The third-order valence-electron chi connectivity index (χ3n) is 3.42. The molecule has 1 aromatic rings. The van der Waals surface area contributed by atoms with Gasteiger partial charge in [0, 0.05) is 25.6 Å². The quantitative estimate of drug-likeness (QED) is 0.768. The van der Waals surface area contributed by atoms with Crippen LogP contribution in [0, 0.1) is 5.82 Å². The highest BCUT2D eigenvalue weighted by molar-refractivity contribution is 6.30. The Balaban J connectivity index is 1.99. The van der Waals surface area contributed by atoms with Gasteiger partial charge in [-0.05, 0) is 6.07 Å². The van der Waals surface area contributed by atoms with E-state index in [-0.39, 0.29) is 23.7 Å². The molecule has 1 aliphatic heterocycles. The van der Waals surface area contributed by atoms with E-state index in [1.165, 1.54) is 19.1 Å². The van der Waals surface area contributed by atoms with Gasteiger partial charge >= 0.3 is 0 Å². The lowest BCUT2D eigenvalue weighted by atomic mass is 10.1. The van der Waals surface area contributed by atoms with Crippen LogP contribution in [-0.2, 0) is 16.1 Å². The zero-order chi connectivity index (χ0) is 16.3. The number of hydrogen-bond acceptors (Lipinski definition) is 3. The summed E-state index contributed by atoms with van der Waals surface area (Å²) >= 11 is 5.66. The molecule has 120 valence electrons. The lowest BCUT2D eigenvalue weighted by molar-refractivity contribution is -0.124. The fourth-order valence-electron chi connectivity index (χ4n) is 2.34. The van der Waals surface area contributed by atoms with Crippen molar-refractivity contribution in [3.05, 3.63) is 34.6 Å². The summed E-state index contributed by atoms with van der Waals surface area (Å²) in [6.07, 6.45) is -1.36. The molecule has 22 heavy (non-hydrogen) atoms. The number of alkyl halides is 1. The van der Waals surface area contributed by atoms with Crippen LogP contribution in [0.5, 0.6) is 0 Å². The second kappa shape index (κ2) is 7.02. The molecular formula is C14H16ClF2N3O2. The maximum absolute atomic E-state index is 13.7. The van der Waals surface area contributed by atoms with Crippen molar-refractivity contribution in [2.24, 2.45) is 0 Å². The summed E-state index contributed by atoms with van der Waals surface area (Å²) in [4.78, 5) is 23.2. The van der Waals surface area contributed by atoms with E-state index in [0.29, 0.717) is 0 Å². The molecular weight excluding hydrogens is 316 g/mol. The molecule has 0 radical (unpaired) electrons. The molecule has 0 aliphatic carbocycles. The first-order chi connectivity index (χ1) is 10.4. The number of benzene rings is 1. The Morgan fingerprint density at radius 3 is 2.86 bits per heavy atom. The highest BCUT2D eigenvalue weighted by atomic mass is 35.5. The number of halogens is 3. The standard InChI is InChI=1S/C14H16ClF2N3O2/c1-7(21)20-12-10(16)6-18-13(12)14(22)19-5-8-3-2-4-9(15)11(8)17/h2-4,10,12-13,18H,5-6H2,1H3,(H,19,22)(H,20,21)/t10-,12+,13-/m0/s1. The number of nitrogens with one attached hydrogen (secondary N) is 3. The minimum absolute atomic E-state index is 0.0332. The third kappa shape index (κ3) is 3.72. The number of carbonyl (C=O) groups excluding carboxylic acids is 2. The van der Waals surface area contributed by atoms with Crippen LogP contribution in [0.1, 0.15) is 12.5 Å². The van der Waals surface area contributed by atoms with Crippen LogP contribution in [0.25, 0.3) is 0 Å². The second-order valence-corrected chi connectivity index (χ2v) is 5.47. The average Bonchev–Trinajstić information content (AvgIpc) is 2.81. The highest BCUT2D eigenvalue weighted by Crippen LogP contribution is 2.18. The number of carbonyl (C=O) groups is 2. The fourth-order valence-corrected chi connectivity index (χ4v) is 2.54. The lowest BCUT2D eigenvalue weighted by Gasteiger charge is -2.20. The van der Waals surface area contributed by atoms with Crippen LogP contribution in [0.2, 0.25) is 5.02 Å². The Kier molecular flexibility index (Phi) is 5.31. The molecule has 1 aromatic carbocycles. The van der Waals surface area contributed by atoms with Crippen molar-refractivity contribution in [3.8, 4) is 0 Å². The summed E-state index contributed by atoms with van der Waals surface area (Å²) < 4.78 is 27.4. The number of rotatable bonds is 4. The van der Waals surface area contributed by atoms with Gasteiger partial charge in [-0.2, -0.15) is 0 Å². The second-order valence-electron chi connectivity index (χ2n) is 5.06. The Morgan fingerprint density at radius 2 is 2.18 bits per heavy atom. The normalized spacial score (nSPS) is 24.1. The SMILES string of the molecule is CC(=O)N[C@H]1[C@@H](C(=O)NCc2cccc(Cl)c2F)NC[C@@H]1F. The first-order valence-electron chi connectivity index (χ1n) is 6.75. The predicted molar refractivity (Wildman–Crippen MR) is 77.5 cm³/mol. The summed E-state index contributed by atoms with van der Waals surface area (Å²) in [6.45, 7) is 1.14. The van der Waals surface area contributed by atoms with E-state index < -0.39 is 35.9 Å². The van der Waals surface area contributed by atoms with Gasteiger partial charge in [0.25, 0.3) is 0 Å². The van der Waals surface area contributed by atoms with Gasteiger partial charge in [0.15, 0.2) is 0 Å². The molecule has 1 heterocycles. The minimum atomic E-state index is -1.36. The number of amides is 2. The average molecular weight is 332 g/mol. The molecule has 0 aromatic heterocycles. The van der Waals surface area contributed by atoms with Crippen LogP contribution in [-0.4, -0.2) is 36.6 Å². The van der Waals surface area contributed by atoms with Crippen LogP contribution in [0.3, 0.4) is 0 Å². The summed E-state index contributed by atoms with van der Waals surface area (Å²) in [5, 5.41) is 7.59. The monoisotopic (exact) mass is 331 g/mol. The Bertz CT molecular complexity index is 585. The van der Waals surface area contributed by atoms with Gasteiger partial charge in [0.05, 0.1) is 11.1 Å². The fraction of sp³-hybridized carbons (Fsp3) is 0.429. The van der Waals surface area contributed by atoms with Crippen molar-refractivity contribution in [1.82, 2.24) is 16.0 Å². The van der Waals surface area contributed by atoms with E-state index in [1.54, 1.807) is 6.07 Å². The van der Waals surface area contributed by atoms with E-state index in [4.69, 9.17) is 11.6 Å². The van der Waals surface area contributed by atoms with Crippen molar-refractivity contribution < 1.29 is 18.4 Å². The van der Waals surface area contributed by atoms with Gasteiger partial charge in [-0.1, -0.05) is 23.7 Å². The van der Waals surface area contributed by atoms with Crippen LogP contribution < -0.4 is 16.0 Å². The first-order valence-corrected chi connectivity index (χ1v) is 7.13. The van der Waals surface area contributed by atoms with Gasteiger partial charge in [0.2, 0.25) is 11.8 Å². The molecule has 5 nitrogen and oxygen atoms in total. The molecule has 1 aliphatic rings. The maximum Gasteiger partial charge on any atom is 0.239 e. The Hall–Kier alpha value is -1.73. The minimum Gasteiger partial charge on any atom is -0.350 e. The predicted octanol–water partition coefficient (Wildman–Crippen LogP) is 0.910. The zero-order valence-corrected chi connectivity index (χ0v) is 12.6. The number of hydrogen-bond donors (Lipinski definition) is 3. The largest absolute Gasteiger partial charge is 0.350 e. The van der Waals surface area contributed by atoms with Crippen molar-refractivity contribution >= 4 is 23.4 Å². The van der Waals surface area contributed by atoms with Crippen molar-refractivity contribution in [3.63, 3.8) is 0 Å². The molecule has 3 N–H and O–H groups in total. The van der Waals surface area contributed by atoms with Crippen LogP contribution >= 0.6 is 11.6 Å². The highest BCUT2D eigenvalue weighted by Gasteiger charge is 2.40. The van der Waals surface area contributed by atoms with E-state index in [2.05, 4.69) is 16.0 Å². The Labute approximate surface area is 131 Å². The van der Waals surface area contributed by atoms with Gasteiger partial charge in [-0.25, -0.2) is 8.78 Å². The molecule has 1 fully saturated rings. The molecule has 3 atom stereocenters. The van der Waals surface area contributed by atoms with Crippen molar-refractivity contribution in [2.45, 2.75) is 31.7 Å². The van der Waals surface area contributed by atoms with Crippen molar-refractivity contribution in [2.75, 3.05) is 6.54 Å². The summed E-state index contributed by atoms with van der Waals surface area (Å²) in [7, 11) is 0. The molecule has 0 saturated carbocycles. The van der Waals surface area contributed by atoms with Gasteiger partial charge in [-0.3, -0.25) is 9.59 Å². The van der Waals surface area contributed by atoms with Gasteiger partial charge < -0.3 is 16.0 Å². The molecule has 0 unspecified atom stereocenters. The summed E-state index contributed by atoms with van der Waals surface area (Å²) in [5.74, 6) is -1.54. The van der Waals surface area contributed by atoms with Crippen molar-refractivity contribution in [1.29, 1.82) is 0 Å². The smallest absolute Gasteiger partial charge is 0.239 e. The maximum atomic E-state index is 13.7. The van der Waals surface area contributed by atoms with E-state index in [0.717, 1.165) is 0 Å². The van der Waals surface area contributed by atoms with E-state index in [9.17, 15) is 18.4 Å². The van der Waals surface area contributed by atoms with E-state index in [1.807, 2.05) is 0 Å². The Morgan fingerprint density at radius 1 is 1.45 bits per heavy atom. The summed E-state index contributed by atoms with van der Waals surface area (Å²) in [6, 6.07) is 2.62. The zero-order valence-electron chi connectivity index (χ0n) is 11.8. The lowest BCUT2D eigenvalue weighted by Crippen LogP contribution is -2.53. The first kappa shape index (κ1) is 16.6. The molecule has 0 bridgehead atoms. The van der Waals surface area contributed by atoms with Gasteiger partial charge in [-0.15, -0.1) is 0 Å². The van der Waals surface area contributed by atoms with Gasteiger partial charge in [0.1, 0.15) is 18.0 Å². The third-order valence-corrected chi connectivity index (χ3v) is 3.71. The molecule has 2 rings (SSSR count). The topological polar surface area (TPSA) is 70.2 Å². The molecule has 2 amide bonds. The van der Waals surface area contributed by atoms with E-state index >= 15 is 0 Å². The summed E-state index contributed by atoms with van der Waals surface area (Å²) in [5.41, 5.74) is 0.228. The molecule has 1 saturated heterocycles.